The smallest absolute Gasteiger partial charge is 0.225 e. The number of nitrogens with one attached hydrogen (secondary N) is 1. The Hall–Kier alpha value is -1.21. The number of hydroxylamine groups is 1. The van der Waals surface area contributed by atoms with Crippen LogP contribution in [0.5, 0.6) is 0 Å². The van der Waals surface area contributed by atoms with Gasteiger partial charge in [-0.3, -0.25) is 0 Å². The molecule has 0 saturated heterocycles. The van der Waals surface area contributed by atoms with Crippen LogP contribution in [0.25, 0.3) is 0 Å². The highest BCUT2D eigenvalue weighted by Gasteiger charge is 2.43. The van der Waals surface area contributed by atoms with Gasteiger partial charge in [0, 0.05) is 0 Å². The van der Waals surface area contributed by atoms with Gasteiger partial charge in [0.05, 0.1) is 5.54 Å². The Balaban J connectivity index is 2.28. The third-order valence-electron chi connectivity index (χ3n) is 2.90. The Morgan fingerprint density at radius 3 is 2.69 bits per heavy atom. The fraction of sp³-hybridized carbons (Fsp3) is 0.667. The first-order valence-electron chi connectivity index (χ1n) is 4.63. The molecular formula is C9H13N3O. The molecule has 4 heteroatoms. The summed E-state index contributed by atoms with van der Waals surface area (Å²) < 4.78 is 0. The molecule has 0 radical (unpaired) electrons. The Bertz CT molecular complexity index is 284. The van der Waals surface area contributed by atoms with E-state index in [1.165, 1.54) is 6.42 Å². The van der Waals surface area contributed by atoms with Crippen molar-refractivity contribution in [3.63, 3.8) is 0 Å². The third kappa shape index (κ3) is 1.16. The van der Waals surface area contributed by atoms with Crippen molar-refractivity contribution in [2.45, 2.75) is 37.6 Å². The average Bonchev–Trinajstić information content (AvgIpc) is 2.45. The van der Waals surface area contributed by atoms with E-state index < -0.39 is 0 Å². The molecule has 0 aromatic carbocycles. The second-order valence-corrected chi connectivity index (χ2v) is 3.70. The number of rotatable bonds is 0. The molecular weight excluding hydrogens is 166 g/mol. The molecule has 1 spiro atoms. The Morgan fingerprint density at radius 2 is 2.08 bits per heavy atom. The van der Waals surface area contributed by atoms with E-state index in [1.54, 1.807) is 0 Å². The zero-order valence-electron chi connectivity index (χ0n) is 7.47. The van der Waals surface area contributed by atoms with E-state index in [4.69, 9.17) is 15.8 Å². The highest BCUT2D eigenvalue weighted by molar-refractivity contribution is 5.37. The predicted octanol–water partition coefficient (Wildman–Crippen LogP) is 0.918. The normalized spacial score (nSPS) is 25.8. The molecule has 2 rings (SSSR count). The number of nitriles is 1. The maximum absolute atomic E-state index is 8.95. The minimum atomic E-state index is -0.267. The lowest BCUT2D eigenvalue weighted by atomic mass is 9.78. The van der Waals surface area contributed by atoms with Crippen molar-refractivity contribution in [3.05, 3.63) is 11.5 Å². The lowest BCUT2D eigenvalue weighted by Crippen LogP contribution is -2.43. The van der Waals surface area contributed by atoms with E-state index in [1.807, 2.05) is 0 Å². The van der Waals surface area contributed by atoms with E-state index in [0.717, 1.165) is 25.7 Å². The van der Waals surface area contributed by atoms with Crippen molar-refractivity contribution in [2.24, 2.45) is 5.73 Å². The summed E-state index contributed by atoms with van der Waals surface area (Å²) in [5.74, 6) is 0.254. The van der Waals surface area contributed by atoms with Crippen molar-refractivity contribution in [3.8, 4) is 6.07 Å². The number of nitrogens with two attached hydrogens (primary N) is 1. The lowest BCUT2D eigenvalue weighted by molar-refractivity contribution is 0.0596. The molecule has 0 aromatic heterocycles. The monoisotopic (exact) mass is 179 g/mol. The van der Waals surface area contributed by atoms with Crippen LogP contribution in [-0.2, 0) is 4.84 Å². The van der Waals surface area contributed by atoms with Crippen LogP contribution in [0.2, 0.25) is 0 Å². The molecule has 1 heterocycles. The number of nitrogens with zero attached hydrogens (tertiary/aromatic N) is 1. The summed E-state index contributed by atoms with van der Waals surface area (Å²) in [4.78, 5) is 5.03. The van der Waals surface area contributed by atoms with Crippen LogP contribution in [0.3, 0.4) is 0 Å². The summed E-state index contributed by atoms with van der Waals surface area (Å²) >= 11 is 0. The summed E-state index contributed by atoms with van der Waals surface area (Å²) in [7, 11) is 0. The van der Waals surface area contributed by atoms with Crippen LogP contribution in [0.4, 0.5) is 0 Å². The second-order valence-electron chi connectivity index (χ2n) is 3.70. The summed E-state index contributed by atoms with van der Waals surface area (Å²) in [5, 5.41) is 8.95. The van der Waals surface area contributed by atoms with E-state index in [2.05, 4.69) is 11.5 Å². The molecule has 1 aliphatic heterocycles. The van der Waals surface area contributed by atoms with E-state index >= 15 is 0 Å². The third-order valence-corrected chi connectivity index (χ3v) is 2.90. The second kappa shape index (κ2) is 2.93. The fourth-order valence-corrected chi connectivity index (χ4v) is 2.16. The van der Waals surface area contributed by atoms with Gasteiger partial charge in [0.1, 0.15) is 11.6 Å². The molecule has 2 aliphatic rings. The van der Waals surface area contributed by atoms with E-state index in [-0.39, 0.29) is 11.4 Å². The summed E-state index contributed by atoms with van der Waals surface area (Å²) in [6, 6.07) is 2.14. The van der Waals surface area contributed by atoms with Crippen LogP contribution < -0.4 is 11.2 Å². The van der Waals surface area contributed by atoms with Crippen LogP contribution in [0.1, 0.15) is 32.1 Å². The molecule has 1 saturated carbocycles. The Morgan fingerprint density at radius 1 is 1.38 bits per heavy atom. The summed E-state index contributed by atoms with van der Waals surface area (Å²) in [6.07, 6.45) is 5.42. The first-order chi connectivity index (χ1) is 6.28. The molecule has 1 aliphatic carbocycles. The quantitative estimate of drug-likeness (QED) is 0.580. The van der Waals surface area contributed by atoms with Gasteiger partial charge in [-0.15, -0.1) is 5.48 Å². The van der Waals surface area contributed by atoms with Crippen LogP contribution in [0.15, 0.2) is 11.5 Å². The van der Waals surface area contributed by atoms with Crippen molar-refractivity contribution < 1.29 is 4.84 Å². The van der Waals surface area contributed by atoms with Gasteiger partial charge < -0.3 is 10.6 Å². The fourth-order valence-electron chi connectivity index (χ4n) is 2.16. The van der Waals surface area contributed by atoms with Crippen molar-refractivity contribution >= 4 is 0 Å². The highest BCUT2D eigenvalue weighted by Crippen LogP contribution is 2.37. The minimum absolute atomic E-state index is 0.254. The molecule has 4 nitrogen and oxygen atoms in total. The van der Waals surface area contributed by atoms with Crippen molar-refractivity contribution in [1.29, 1.82) is 5.26 Å². The topological polar surface area (TPSA) is 71.1 Å². The summed E-state index contributed by atoms with van der Waals surface area (Å²) in [6.45, 7) is 0. The lowest BCUT2D eigenvalue weighted by Gasteiger charge is -2.31. The van der Waals surface area contributed by atoms with E-state index in [9.17, 15) is 0 Å². The SMILES string of the molecule is N#CC1=C(N)ONC12CCCCC2. The Kier molecular flexibility index (Phi) is 1.89. The van der Waals surface area contributed by atoms with Gasteiger partial charge in [-0.2, -0.15) is 5.26 Å². The zero-order valence-corrected chi connectivity index (χ0v) is 7.47. The van der Waals surface area contributed by atoms with Gasteiger partial charge >= 0.3 is 0 Å². The largest absolute Gasteiger partial charge is 0.389 e. The first-order valence-corrected chi connectivity index (χ1v) is 4.63. The number of hydrogen-bond donors (Lipinski definition) is 2. The maximum atomic E-state index is 8.95. The van der Waals surface area contributed by atoms with Crippen LogP contribution in [0, 0.1) is 11.3 Å². The molecule has 0 amide bonds. The van der Waals surface area contributed by atoms with Gasteiger partial charge in [-0.05, 0) is 12.8 Å². The molecule has 13 heavy (non-hydrogen) atoms. The minimum Gasteiger partial charge on any atom is -0.389 e. The standard InChI is InChI=1S/C9H13N3O/c10-6-7-8(11)13-12-9(7)4-2-1-3-5-9/h12H,1-5,11H2. The van der Waals surface area contributed by atoms with Gasteiger partial charge in [0.25, 0.3) is 0 Å². The zero-order chi connectivity index (χ0) is 9.31. The molecule has 0 aromatic rings. The van der Waals surface area contributed by atoms with Gasteiger partial charge in [-0.25, -0.2) is 0 Å². The molecule has 0 bridgehead atoms. The maximum Gasteiger partial charge on any atom is 0.225 e. The van der Waals surface area contributed by atoms with Crippen molar-refractivity contribution in [2.75, 3.05) is 0 Å². The van der Waals surface area contributed by atoms with Crippen LogP contribution >= 0.6 is 0 Å². The van der Waals surface area contributed by atoms with Gasteiger partial charge in [0.2, 0.25) is 5.88 Å². The number of hydrogen-bond acceptors (Lipinski definition) is 4. The van der Waals surface area contributed by atoms with E-state index in [0.29, 0.717) is 5.57 Å². The molecule has 70 valence electrons. The molecule has 3 N–H and O–H groups in total. The van der Waals surface area contributed by atoms with Crippen molar-refractivity contribution in [1.82, 2.24) is 5.48 Å². The van der Waals surface area contributed by atoms with Gasteiger partial charge in [0.15, 0.2) is 0 Å². The molecule has 0 unspecified atom stereocenters. The summed E-state index contributed by atoms with van der Waals surface area (Å²) in [5.41, 5.74) is 8.79. The highest BCUT2D eigenvalue weighted by atomic mass is 16.7. The molecule has 1 fully saturated rings. The molecule has 0 atom stereocenters. The first kappa shape index (κ1) is 8.39. The Labute approximate surface area is 77.3 Å². The van der Waals surface area contributed by atoms with Crippen LogP contribution in [-0.4, -0.2) is 5.54 Å². The van der Waals surface area contributed by atoms with Gasteiger partial charge in [-0.1, -0.05) is 19.3 Å². The predicted molar refractivity (Wildman–Crippen MR) is 46.9 cm³/mol. The average molecular weight is 179 g/mol.